The molecule has 0 spiro atoms. The molecule has 2 heterocycles. The molecule has 0 aliphatic rings. The van der Waals surface area contributed by atoms with Crippen molar-refractivity contribution in [2.75, 3.05) is 12.0 Å². The Bertz CT molecular complexity index is 1280. The summed E-state index contributed by atoms with van der Waals surface area (Å²) in [4.78, 5) is 34.5. The Kier molecular flexibility index (Phi) is 6.36. The molecular formula is C23H25N5O2S. The van der Waals surface area contributed by atoms with Crippen LogP contribution in [0.15, 0.2) is 59.7 Å². The Balaban J connectivity index is 1.50. The second-order valence-corrected chi connectivity index (χ2v) is 8.42. The SMILES string of the molecule is CSCCC(NC(=O)CCn1cnc2ccccc2c1=O)c1nc2ccccc2n1C. The van der Waals surface area contributed by atoms with E-state index >= 15 is 0 Å². The van der Waals surface area contributed by atoms with E-state index in [0.717, 1.165) is 29.0 Å². The number of para-hydroxylation sites is 3. The smallest absolute Gasteiger partial charge is 0.261 e. The highest BCUT2D eigenvalue weighted by Gasteiger charge is 2.20. The van der Waals surface area contributed by atoms with Crippen LogP contribution in [0.3, 0.4) is 0 Å². The molecule has 31 heavy (non-hydrogen) atoms. The second-order valence-electron chi connectivity index (χ2n) is 7.43. The lowest BCUT2D eigenvalue weighted by Gasteiger charge is -2.18. The summed E-state index contributed by atoms with van der Waals surface area (Å²) in [5, 5.41) is 3.68. The number of carbonyl (C=O) groups is 1. The fourth-order valence-corrected chi connectivity index (χ4v) is 4.20. The van der Waals surface area contributed by atoms with Crippen LogP contribution in [0.2, 0.25) is 0 Å². The maximum atomic E-state index is 12.8. The molecule has 1 N–H and O–H groups in total. The highest BCUT2D eigenvalue weighted by molar-refractivity contribution is 7.98. The van der Waals surface area contributed by atoms with Crippen LogP contribution < -0.4 is 10.9 Å². The van der Waals surface area contributed by atoms with Crippen LogP contribution >= 0.6 is 11.8 Å². The molecule has 0 fully saturated rings. The second kappa shape index (κ2) is 9.34. The van der Waals surface area contributed by atoms with E-state index in [9.17, 15) is 9.59 Å². The van der Waals surface area contributed by atoms with Crippen molar-refractivity contribution in [1.29, 1.82) is 0 Å². The molecular weight excluding hydrogens is 410 g/mol. The average molecular weight is 436 g/mol. The largest absolute Gasteiger partial charge is 0.346 e. The molecule has 0 aliphatic heterocycles. The van der Waals surface area contributed by atoms with Gasteiger partial charge in [0.05, 0.1) is 34.3 Å². The lowest BCUT2D eigenvalue weighted by molar-refractivity contribution is -0.122. The quantitative estimate of drug-likeness (QED) is 0.459. The van der Waals surface area contributed by atoms with Crippen molar-refractivity contribution >= 4 is 39.6 Å². The average Bonchev–Trinajstić information content (AvgIpc) is 3.13. The van der Waals surface area contributed by atoms with Crippen LogP contribution in [0.1, 0.15) is 24.7 Å². The summed E-state index contributed by atoms with van der Waals surface area (Å²) in [5.74, 6) is 1.63. The van der Waals surface area contributed by atoms with Gasteiger partial charge < -0.3 is 9.88 Å². The number of rotatable bonds is 8. The molecule has 0 radical (unpaired) electrons. The molecule has 0 saturated carbocycles. The predicted octanol–water partition coefficient (Wildman–Crippen LogP) is 3.28. The van der Waals surface area contributed by atoms with Gasteiger partial charge in [-0.3, -0.25) is 14.2 Å². The summed E-state index contributed by atoms with van der Waals surface area (Å²) in [6.07, 6.45) is 4.53. The van der Waals surface area contributed by atoms with E-state index in [1.165, 1.54) is 10.9 Å². The van der Waals surface area contributed by atoms with Crippen LogP contribution in [0.25, 0.3) is 21.9 Å². The number of thioether (sulfide) groups is 1. The third kappa shape index (κ3) is 4.49. The molecule has 4 aromatic rings. The van der Waals surface area contributed by atoms with Crippen LogP contribution in [-0.4, -0.2) is 37.0 Å². The van der Waals surface area contributed by atoms with Crippen LogP contribution in [0.5, 0.6) is 0 Å². The number of benzene rings is 2. The van der Waals surface area contributed by atoms with Crippen molar-refractivity contribution < 1.29 is 4.79 Å². The minimum atomic E-state index is -0.191. The lowest BCUT2D eigenvalue weighted by Crippen LogP contribution is -2.32. The third-order valence-corrected chi connectivity index (χ3v) is 6.03. The van der Waals surface area contributed by atoms with E-state index in [1.807, 2.05) is 54.3 Å². The van der Waals surface area contributed by atoms with Gasteiger partial charge in [-0.1, -0.05) is 24.3 Å². The maximum Gasteiger partial charge on any atom is 0.261 e. The van der Waals surface area contributed by atoms with Gasteiger partial charge in [-0.15, -0.1) is 0 Å². The van der Waals surface area contributed by atoms with E-state index < -0.39 is 0 Å². The molecule has 7 nitrogen and oxygen atoms in total. The number of amides is 1. The number of hydrogen-bond donors (Lipinski definition) is 1. The number of nitrogens with one attached hydrogen (secondary N) is 1. The topological polar surface area (TPSA) is 81.8 Å². The lowest BCUT2D eigenvalue weighted by atomic mass is 10.2. The van der Waals surface area contributed by atoms with Crippen LogP contribution in [-0.2, 0) is 18.4 Å². The zero-order valence-corrected chi connectivity index (χ0v) is 18.4. The van der Waals surface area contributed by atoms with Crippen LogP contribution in [0, 0.1) is 0 Å². The van der Waals surface area contributed by atoms with Crippen molar-refractivity contribution in [2.24, 2.45) is 7.05 Å². The summed E-state index contributed by atoms with van der Waals surface area (Å²) in [5.41, 5.74) is 2.48. The number of carbonyl (C=O) groups excluding carboxylic acids is 1. The Morgan fingerprint density at radius 2 is 1.87 bits per heavy atom. The molecule has 1 unspecified atom stereocenters. The first kappa shape index (κ1) is 21.1. The first-order valence-corrected chi connectivity index (χ1v) is 11.6. The van der Waals surface area contributed by atoms with Crippen molar-refractivity contribution in [1.82, 2.24) is 24.4 Å². The van der Waals surface area contributed by atoms with Gasteiger partial charge in [0, 0.05) is 20.0 Å². The van der Waals surface area contributed by atoms with Crippen molar-refractivity contribution in [3.8, 4) is 0 Å². The van der Waals surface area contributed by atoms with E-state index in [-0.39, 0.29) is 30.5 Å². The van der Waals surface area contributed by atoms with E-state index in [2.05, 4.69) is 10.3 Å². The predicted molar refractivity (Wildman–Crippen MR) is 125 cm³/mol. The van der Waals surface area contributed by atoms with Gasteiger partial charge in [-0.25, -0.2) is 9.97 Å². The third-order valence-electron chi connectivity index (χ3n) is 5.39. The number of hydrogen-bond acceptors (Lipinski definition) is 5. The van der Waals surface area contributed by atoms with Crippen molar-refractivity contribution in [3.63, 3.8) is 0 Å². The van der Waals surface area contributed by atoms with Crippen LogP contribution in [0.4, 0.5) is 0 Å². The van der Waals surface area contributed by atoms with Gasteiger partial charge in [0.1, 0.15) is 5.82 Å². The standard InChI is InChI=1S/C23H25N5O2S/c1-27-20-10-6-5-9-18(20)26-22(27)19(12-14-31-2)25-21(29)11-13-28-15-24-17-8-4-3-7-16(17)23(28)30/h3-10,15,19H,11-14H2,1-2H3,(H,25,29). The molecule has 1 amide bonds. The summed E-state index contributed by atoms with van der Waals surface area (Å²) in [6, 6.07) is 15.0. The van der Waals surface area contributed by atoms with Gasteiger partial charge >= 0.3 is 0 Å². The molecule has 160 valence electrons. The first-order chi connectivity index (χ1) is 15.1. The Hall–Kier alpha value is -3.13. The highest BCUT2D eigenvalue weighted by atomic mass is 32.2. The minimum Gasteiger partial charge on any atom is -0.346 e. The molecule has 8 heteroatoms. The molecule has 0 bridgehead atoms. The zero-order chi connectivity index (χ0) is 21.8. The number of nitrogens with zero attached hydrogens (tertiary/aromatic N) is 4. The summed E-state index contributed by atoms with van der Waals surface area (Å²) in [7, 11) is 1.98. The van der Waals surface area contributed by atoms with Gasteiger partial charge in [-0.05, 0) is 42.7 Å². The van der Waals surface area contributed by atoms with Crippen molar-refractivity contribution in [3.05, 3.63) is 71.0 Å². The maximum absolute atomic E-state index is 12.8. The van der Waals surface area contributed by atoms with E-state index in [1.54, 1.807) is 23.9 Å². The molecule has 2 aromatic carbocycles. The molecule has 1 atom stereocenters. The summed E-state index contributed by atoms with van der Waals surface area (Å²) < 4.78 is 3.53. The van der Waals surface area contributed by atoms with Gasteiger partial charge in [0.15, 0.2) is 0 Å². The fraction of sp³-hybridized carbons (Fsp3) is 0.304. The van der Waals surface area contributed by atoms with E-state index in [0.29, 0.717) is 10.9 Å². The molecule has 4 rings (SSSR count). The number of imidazole rings is 1. The Labute approximate surface area is 184 Å². The van der Waals surface area contributed by atoms with Crippen molar-refractivity contribution in [2.45, 2.75) is 25.4 Å². The number of aryl methyl sites for hydroxylation is 2. The minimum absolute atomic E-state index is 0.113. The summed E-state index contributed by atoms with van der Waals surface area (Å²) >= 11 is 1.74. The normalized spacial score (nSPS) is 12.3. The summed E-state index contributed by atoms with van der Waals surface area (Å²) in [6.45, 7) is 0.278. The fourth-order valence-electron chi connectivity index (χ4n) is 3.73. The Morgan fingerprint density at radius 3 is 2.65 bits per heavy atom. The first-order valence-electron chi connectivity index (χ1n) is 10.2. The Morgan fingerprint density at radius 1 is 1.13 bits per heavy atom. The number of fused-ring (bicyclic) bond motifs is 2. The zero-order valence-electron chi connectivity index (χ0n) is 17.6. The highest BCUT2D eigenvalue weighted by Crippen LogP contribution is 2.23. The monoisotopic (exact) mass is 435 g/mol. The van der Waals surface area contributed by atoms with Gasteiger partial charge in [0.25, 0.3) is 5.56 Å². The van der Waals surface area contributed by atoms with Gasteiger partial charge in [0.2, 0.25) is 5.91 Å². The van der Waals surface area contributed by atoms with E-state index in [4.69, 9.17) is 4.98 Å². The van der Waals surface area contributed by atoms with Gasteiger partial charge in [-0.2, -0.15) is 11.8 Å². The number of aromatic nitrogens is 4. The molecule has 0 saturated heterocycles. The molecule has 2 aromatic heterocycles. The molecule has 0 aliphatic carbocycles.